The van der Waals surface area contributed by atoms with E-state index in [-0.39, 0.29) is 0 Å². The zero-order chi connectivity index (χ0) is 31.0. The first-order valence-corrected chi connectivity index (χ1v) is 16.3. The predicted octanol–water partition coefficient (Wildman–Crippen LogP) is 11.9. The van der Waals surface area contributed by atoms with Gasteiger partial charge in [-0.1, -0.05) is 146 Å². The summed E-state index contributed by atoms with van der Waals surface area (Å²) in [7, 11) is 0. The molecule has 0 aliphatic heterocycles. The third-order valence-corrected chi connectivity index (χ3v) is 9.34. The lowest BCUT2D eigenvalue weighted by molar-refractivity contribution is 0.826. The summed E-state index contributed by atoms with van der Waals surface area (Å²) in [6.45, 7) is 6.33. The quantitative estimate of drug-likeness (QED) is 0.163. The lowest BCUT2D eigenvalue weighted by Gasteiger charge is -2.07. The van der Waals surface area contributed by atoms with Gasteiger partial charge in [-0.15, -0.1) is 0 Å². The summed E-state index contributed by atoms with van der Waals surface area (Å²) < 4.78 is 4.86. The summed E-state index contributed by atoms with van der Waals surface area (Å²) in [4.78, 5) is 0. The molecule has 0 radical (unpaired) electrons. The molecule has 2 aromatic heterocycles. The summed E-state index contributed by atoms with van der Waals surface area (Å²) in [5.41, 5.74) is 12.5. The Morgan fingerprint density at radius 2 is 0.783 bits per heavy atom. The Kier molecular flexibility index (Phi) is 7.11. The fourth-order valence-electron chi connectivity index (χ4n) is 7.15. The molecule has 8 aromatic rings. The molecule has 0 unspecified atom stereocenters. The Bertz CT molecular complexity index is 2240. The SMILES string of the molecule is CCn1c2ccccc2c2cccc(C=Cc3ccc(-c4ccc(C=Cc5cccc6c7ccccc7n(CC)c56)cc4)cc3)c21. The van der Waals surface area contributed by atoms with Gasteiger partial charge in [-0.25, -0.2) is 0 Å². The van der Waals surface area contributed by atoms with E-state index in [0.29, 0.717) is 0 Å². The van der Waals surface area contributed by atoms with E-state index in [2.05, 4.69) is 181 Å². The molecule has 0 aliphatic rings. The van der Waals surface area contributed by atoms with Crippen molar-refractivity contribution in [2.24, 2.45) is 0 Å². The van der Waals surface area contributed by atoms with Crippen LogP contribution in [-0.2, 0) is 13.1 Å². The van der Waals surface area contributed by atoms with Crippen LogP contribution in [0.4, 0.5) is 0 Å². The van der Waals surface area contributed by atoms with Crippen LogP contribution >= 0.6 is 0 Å². The molecule has 0 N–H and O–H groups in total. The molecule has 6 aromatic carbocycles. The standard InChI is InChI=1S/C44H36N2/c1-3-45-41-17-7-5-13-37(41)39-15-9-11-35(43(39)45)29-23-31-19-25-33(26-20-31)34-27-21-32(22-28-34)24-30-36-12-10-16-40-38-14-6-8-18-42(38)46(4-2)44(36)40/h5-30H,3-4H2,1-2H3. The van der Waals surface area contributed by atoms with Gasteiger partial charge in [0.15, 0.2) is 0 Å². The van der Waals surface area contributed by atoms with Gasteiger partial charge < -0.3 is 9.13 Å². The Morgan fingerprint density at radius 3 is 1.20 bits per heavy atom. The van der Waals surface area contributed by atoms with E-state index in [4.69, 9.17) is 0 Å². The zero-order valence-corrected chi connectivity index (χ0v) is 26.3. The molecule has 0 saturated carbocycles. The number of rotatable bonds is 7. The molecule has 0 saturated heterocycles. The van der Waals surface area contributed by atoms with E-state index >= 15 is 0 Å². The van der Waals surface area contributed by atoms with Gasteiger partial charge in [0.1, 0.15) is 0 Å². The van der Waals surface area contributed by atoms with Crippen molar-refractivity contribution in [1.82, 2.24) is 9.13 Å². The summed E-state index contributed by atoms with van der Waals surface area (Å²) in [5, 5.41) is 5.26. The smallest absolute Gasteiger partial charge is 0.0564 e. The van der Waals surface area contributed by atoms with Crippen LogP contribution in [0.2, 0.25) is 0 Å². The minimum atomic E-state index is 0.943. The van der Waals surface area contributed by atoms with Crippen LogP contribution in [-0.4, -0.2) is 9.13 Å². The molecule has 2 nitrogen and oxygen atoms in total. The number of fused-ring (bicyclic) bond motifs is 6. The van der Waals surface area contributed by atoms with Crippen LogP contribution in [0.5, 0.6) is 0 Å². The van der Waals surface area contributed by atoms with E-state index in [9.17, 15) is 0 Å². The fourth-order valence-corrected chi connectivity index (χ4v) is 7.15. The fraction of sp³-hybridized carbons (Fsp3) is 0.0909. The number of para-hydroxylation sites is 4. The summed E-state index contributed by atoms with van der Waals surface area (Å²) in [5.74, 6) is 0. The predicted molar refractivity (Wildman–Crippen MR) is 200 cm³/mol. The van der Waals surface area contributed by atoms with Crippen LogP contribution in [0.25, 0.3) is 79.0 Å². The minimum Gasteiger partial charge on any atom is -0.340 e. The van der Waals surface area contributed by atoms with Crippen molar-refractivity contribution in [1.29, 1.82) is 0 Å². The number of hydrogen-bond acceptors (Lipinski definition) is 0. The number of nitrogens with zero attached hydrogens (tertiary/aromatic N) is 2. The van der Waals surface area contributed by atoms with Crippen LogP contribution in [0.1, 0.15) is 36.1 Å². The molecule has 0 fully saturated rings. The second kappa shape index (κ2) is 11.7. The number of benzene rings is 6. The molecular weight excluding hydrogens is 556 g/mol. The van der Waals surface area contributed by atoms with Gasteiger partial charge in [-0.05, 0) is 59.4 Å². The average molecular weight is 593 g/mol. The Balaban J connectivity index is 1.03. The molecule has 0 atom stereocenters. The van der Waals surface area contributed by atoms with Crippen molar-refractivity contribution in [3.05, 3.63) is 156 Å². The van der Waals surface area contributed by atoms with E-state index < -0.39 is 0 Å². The van der Waals surface area contributed by atoms with Crippen LogP contribution in [0, 0.1) is 0 Å². The van der Waals surface area contributed by atoms with Crippen molar-refractivity contribution < 1.29 is 0 Å². The van der Waals surface area contributed by atoms with Crippen molar-refractivity contribution in [3.8, 4) is 11.1 Å². The molecule has 2 heteroatoms. The lowest BCUT2D eigenvalue weighted by Crippen LogP contribution is -1.94. The minimum absolute atomic E-state index is 0.943. The number of aromatic nitrogens is 2. The first-order valence-electron chi connectivity index (χ1n) is 16.3. The average Bonchev–Trinajstić information content (AvgIpc) is 3.63. The van der Waals surface area contributed by atoms with Gasteiger partial charge in [-0.2, -0.15) is 0 Å². The molecule has 0 aliphatic carbocycles. The highest BCUT2D eigenvalue weighted by Crippen LogP contribution is 2.33. The summed E-state index contributed by atoms with van der Waals surface area (Å²) >= 11 is 0. The molecular formula is C44H36N2. The van der Waals surface area contributed by atoms with Gasteiger partial charge >= 0.3 is 0 Å². The normalized spacial score (nSPS) is 12.1. The highest BCUT2D eigenvalue weighted by atomic mass is 15.0. The Hall–Kier alpha value is -5.60. The Morgan fingerprint density at radius 1 is 0.391 bits per heavy atom. The highest BCUT2D eigenvalue weighted by molar-refractivity contribution is 6.12. The molecule has 8 rings (SSSR count). The molecule has 0 spiro atoms. The largest absolute Gasteiger partial charge is 0.340 e. The summed E-state index contributed by atoms with van der Waals surface area (Å²) in [6, 6.07) is 48.4. The molecule has 222 valence electrons. The van der Waals surface area contributed by atoms with Crippen molar-refractivity contribution >= 4 is 67.9 Å². The number of hydrogen-bond donors (Lipinski definition) is 0. The van der Waals surface area contributed by atoms with Gasteiger partial charge in [0.2, 0.25) is 0 Å². The van der Waals surface area contributed by atoms with Gasteiger partial charge in [0.05, 0.1) is 11.0 Å². The molecule has 0 amide bonds. The third kappa shape index (κ3) is 4.74. The molecule has 0 bridgehead atoms. The summed E-state index contributed by atoms with van der Waals surface area (Å²) in [6.07, 6.45) is 8.96. The third-order valence-electron chi connectivity index (χ3n) is 9.34. The maximum Gasteiger partial charge on any atom is 0.0564 e. The van der Waals surface area contributed by atoms with Gasteiger partial charge in [0.25, 0.3) is 0 Å². The van der Waals surface area contributed by atoms with Crippen LogP contribution in [0.15, 0.2) is 133 Å². The van der Waals surface area contributed by atoms with E-state index in [0.717, 1.165) is 13.1 Å². The van der Waals surface area contributed by atoms with E-state index in [1.54, 1.807) is 0 Å². The highest BCUT2D eigenvalue weighted by Gasteiger charge is 2.12. The number of aryl methyl sites for hydroxylation is 2. The molecule has 2 heterocycles. The topological polar surface area (TPSA) is 9.86 Å². The van der Waals surface area contributed by atoms with E-state index in [1.807, 2.05) is 0 Å². The monoisotopic (exact) mass is 592 g/mol. The molecule has 46 heavy (non-hydrogen) atoms. The first-order chi connectivity index (χ1) is 22.7. The van der Waals surface area contributed by atoms with Crippen LogP contribution in [0.3, 0.4) is 0 Å². The van der Waals surface area contributed by atoms with Gasteiger partial charge in [-0.3, -0.25) is 0 Å². The van der Waals surface area contributed by atoms with Crippen molar-refractivity contribution in [3.63, 3.8) is 0 Å². The van der Waals surface area contributed by atoms with Crippen molar-refractivity contribution in [2.45, 2.75) is 26.9 Å². The maximum absolute atomic E-state index is 2.43. The zero-order valence-electron chi connectivity index (χ0n) is 26.3. The van der Waals surface area contributed by atoms with Gasteiger partial charge in [0, 0.05) is 45.7 Å². The second-order valence-electron chi connectivity index (χ2n) is 11.9. The Labute approximate surface area is 270 Å². The second-order valence-corrected chi connectivity index (χ2v) is 11.9. The lowest BCUT2D eigenvalue weighted by atomic mass is 10.0. The first kappa shape index (κ1) is 27.9. The van der Waals surface area contributed by atoms with Crippen molar-refractivity contribution in [2.75, 3.05) is 0 Å². The maximum atomic E-state index is 2.43. The van der Waals surface area contributed by atoms with E-state index in [1.165, 1.54) is 77.0 Å². The van der Waals surface area contributed by atoms with Crippen LogP contribution < -0.4 is 0 Å².